The summed E-state index contributed by atoms with van der Waals surface area (Å²) in [6.07, 6.45) is 0.854. The lowest BCUT2D eigenvalue weighted by atomic mass is 10.1. The monoisotopic (exact) mass is 264 g/mol. The van der Waals surface area contributed by atoms with Crippen LogP contribution >= 0.6 is 15.9 Å². The number of fused-ring (bicyclic) bond motifs is 1. The lowest BCUT2D eigenvalue weighted by Gasteiger charge is -2.05. The maximum absolute atomic E-state index is 10.9. The van der Waals surface area contributed by atoms with E-state index in [2.05, 4.69) is 15.9 Å². The molecule has 0 spiro atoms. The second-order valence-electron chi connectivity index (χ2n) is 3.20. The highest BCUT2D eigenvalue weighted by atomic mass is 79.9. The third kappa shape index (κ3) is 1.88. The van der Waals surface area contributed by atoms with Crippen LogP contribution in [-0.4, -0.2) is 13.4 Å². The van der Waals surface area contributed by atoms with Gasteiger partial charge in [0.2, 0.25) is 0 Å². The predicted molar refractivity (Wildman–Crippen MR) is 63.6 cm³/mol. The van der Waals surface area contributed by atoms with Crippen LogP contribution in [0.2, 0.25) is 0 Å². The molecule has 3 heteroatoms. The van der Waals surface area contributed by atoms with Gasteiger partial charge in [-0.1, -0.05) is 22.0 Å². The van der Waals surface area contributed by atoms with E-state index in [-0.39, 0.29) is 0 Å². The third-order valence-electron chi connectivity index (χ3n) is 2.29. The van der Waals surface area contributed by atoms with Gasteiger partial charge in [0.1, 0.15) is 5.75 Å². The quantitative estimate of drug-likeness (QED) is 0.777. The number of carbonyl (C=O) groups is 1. The van der Waals surface area contributed by atoms with Gasteiger partial charge in [0.05, 0.1) is 7.11 Å². The Labute approximate surface area is 96.0 Å². The third-order valence-corrected chi connectivity index (χ3v) is 2.74. The maximum atomic E-state index is 10.9. The maximum Gasteiger partial charge on any atom is 0.150 e. The van der Waals surface area contributed by atoms with E-state index in [9.17, 15) is 4.79 Å². The van der Waals surface area contributed by atoms with Crippen LogP contribution in [0.1, 0.15) is 10.4 Å². The topological polar surface area (TPSA) is 26.3 Å². The van der Waals surface area contributed by atoms with Crippen LogP contribution in [0.5, 0.6) is 5.75 Å². The summed E-state index contributed by atoms with van der Waals surface area (Å²) in [5, 5.41) is 1.93. The van der Waals surface area contributed by atoms with Crippen molar-refractivity contribution in [2.75, 3.05) is 7.11 Å². The van der Waals surface area contributed by atoms with Crippen LogP contribution in [0, 0.1) is 0 Å². The molecular weight excluding hydrogens is 256 g/mol. The van der Waals surface area contributed by atoms with Gasteiger partial charge in [0.25, 0.3) is 0 Å². The van der Waals surface area contributed by atoms with Gasteiger partial charge in [-0.2, -0.15) is 0 Å². The summed E-state index contributed by atoms with van der Waals surface area (Å²) < 4.78 is 6.03. The second kappa shape index (κ2) is 4.03. The summed E-state index contributed by atoms with van der Waals surface area (Å²) in [7, 11) is 1.61. The van der Waals surface area contributed by atoms with E-state index in [1.54, 1.807) is 13.2 Å². The predicted octanol–water partition coefficient (Wildman–Crippen LogP) is 3.42. The number of methoxy groups -OCH3 is 1. The summed E-state index contributed by atoms with van der Waals surface area (Å²) in [6, 6.07) is 9.46. The van der Waals surface area contributed by atoms with E-state index in [1.807, 2.05) is 24.3 Å². The smallest absolute Gasteiger partial charge is 0.150 e. The van der Waals surface area contributed by atoms with Crippen molar-refractivity contribution < 1.29 is 9.53 Å². The minimum absolute atomic E-state index is 0.665. The SMILES string of the molecule is COc1ccc2cc(Br)cc(C=O)c2c1. The Balaban J connectivity index is 2.79. The van der Waals surface area contributed by atoms with Crippen molar-refractivity contribution in [1.82, 2.24) is 0 Å². The highest BCUT2D eigenvalue weighted by Crippen LogP contribution is 2.26. The van der Waals surface area contributed by atoms with Crippen LogP contribution in [0.4, 0.5) is 0 Å². The van der Waals surface area contributed by atoms with Gasteiger partial charge in [0.15, 0.2) is 6.29 Å². The number of ether oxygens (including phenoxy) is 1. The lowest BCUT2D eigenvalue weighted by molar-refractivity contribution is 0.112. The minimum atomic E-state index is 0.665. The first-order valence-corrected chi connectivity index (χ1v) is 5.26. The van der Waals surface area contributed by atoms with Crippen molar-refractivity contribution in [2.45, 2.75) is 0 Å². The van der Waals surface area contributed by atoms with Crippen LogP contribution in [-0.2, 0) is 0 Å². The second-order valence-corrected chi connectivity index (χ2v) is 4.12. The van der Waals surface area contributed by atoms with E-state index < -0.39 is 0 Å². The molecule has 0 fully saturated rings. The van der Waals surface area contributed by atoms with Crippen LogP contribution in [0.15, 0.2) is 34.8 Å². The standard InChI is InChI=1S/C12H9BrO2/c1-15-11-3-2-8-4-10(13)5-9(7-14)12(8)6-11/h2-7H,1H3. The molecule has 0 saturated carbocycles. The summed E-state index contributed by atoms with van der Waals surface area (Å²) in [4.78, 5) is 10.9. The zero-order valence-electron chi connectivity index (χ0n) is 8.16. The largest absolute Gasteiger partial charge is 0.497 e. The van der Waals surface area contributed by atoms with Gasteiger partial charge >= 0.3 is 0 Å². The van der Waals surface area contributed by atoms with Crippen molar-refractivity contribution in [1.29, 1.82) is 0 Å². The number of benzene rings is 2. The van der Waals surface area contributed by atoms with Gasteiger partial charge in [0, 0.05) is 10.0 Å². The van der Waals surface area contributed by atoms with E-state index in [0.29, 0.717) is 5.56 Å². The first-order valence-electron chi connectivity index (χ1n) is 4.47. The average molecular weight is 265 g/mol. The van der Waals surface area contributed by atoms with Crippen molar-refractivity contribution in [3.63, 3.8) is 0 Å². The number of halogens is 1. The van der Waals surface area contributed by atoms with Gasteiger partial charge in [-0.3, -0.25) is 4.79 Å². The Kier molecular flexibility index (Phi) is 2.73. The van der Waals surface area contributed by atoms with Crippen molar-refractivity contribution in [3.05, 3.63) is 40.4 Å². The molecule has 0 bridgehead atoms. The molecule has 0 aromatic heterocycles. The molecular formula is C12H9BrO2. The molecule has 0 N–H and O–H groups in total. The summed E-state index contributed by atoms with van der Waals surface area (Å²) in [5.41, 5.74) is 0.665. The Morgan fingerprint density at radius 2 is 2.07 bits per heavy atom. The van der Waals surface area contributed by atoms with Crippen LogP contribution in [0.3, 0.4) is 0 Å². The van der Waals surface area contributed by atoms with E-state index in [4.69, 9.17) is 4.74 Å². The van der Waals surface area contributed by atoms with Crippen LogP contribution in [0.25, 0.3) is 10.8 Å². The summed E-state index contributed by atoms with van der Waals surface area (Å²) >= 11 is 3.37. The zero-order chi connectivity index (χ0) is 10.8. The molecule has 15 heavy (non-hydrogen) atoms. The van der Waals surface area contributed by atoms with E-state index >= 15 is 0 Å². The molecule has 2 aromatic rings. The number of carbonyl (C=O) groups excluding carboxylic acids is 1. The highest BCUT2D eigenvalue weighted by Gasteiger charge is 2.03. The Bertz CT molecular complexity index is 520. The average Bonchev–Trinajstić information content (AvgIpc) is 2.27. The highest BCUT2D eigenvalue weighted by molar-refractivity contribution is 9.10. The Morgan fingerprint density at radius 3 is 2.73 bits per heavy atom. The fraction of sp³-hybridized carbons (Fsp3) is 0.0833. The number of aldehydes is 1. The Hall–Kier alpha value is -1.35. The molecule has 0 saturated heterocycles. The minimum Gasteiger partial charge on any atom is -0.497 e. The number of rotatable bonds is 2. The first kappa shape index (κ1) is 10.2. The van der Waals surface area contributed by atoms with E-state index in [0.717, 1.165) is 27.3 Å². The summed E-state index contributed by atoms with van der Waals surface area (Å²) in [6.45, 7) is 0. The molecule has 0 unspecified atom stereocenters. The van der Waals surface area contributed by atoms with Gasteiger partial charge in [-0.05, 0) is 35.0 Å². The molecule has 76 valence electrons. The van der Waals surface area contributed by atoms with Gasteiger partial charge in [-0.15, -0.1) is 0 Å². The van der Waals surface area contributed by atoms with Crippen LogP contribution < -0.4 is 4.74 Å². The number of hydrogen-bond acceptors (Lipinski definition) is 2. The molecule has 0 atom stereocenters. The fourth-order valence-electron chi connectivity index (χ4n) is 1.55. The molecule has 0 aliphatic heterocycles. The molecule has 0 amide bonds. The molecule has 0 radical (unpaired) electrons. The van der Waals surface area contributed by atoms with Crippen molar-refractivity contribution in [2.24, 2.45) is 0 Å². The zero-order valence-corrected chi connectivity index (χ0v) is 9.74. The van der Waals surface area contributed by atoms with Gasteiger partial charge < -0.3 is 4.74 Å². The molecule has 2 aromatic carbocycles. The molecule has 0 aliphatic carbocycles. The summed E-state index contributed by atoms with van der Waals surface area (Å²) in [5.74, 6) is 0.757. The lowest BCUT2D eigenvalue weighted by Crippen LogP contribution is -1.87. The molecule has 0 aliphatic rings. The molecule has 2 nitrogen and oxygen atoms in total. The fourth-order valence-corrected chi connectivity index (χ4v) is 2.05. The molecule has 0 heterocycles. The Morgan fingerprint density at radius 1 is 1.27 bits per heavy atom. The van der Waals surface area contributed by atoms with Gasteiger partial charge in [-0.25, -0.2) is 0 Å². The number of hydrogen-bond donors (Lipinski definition) is 0. The van der Waals surface area contributed by atoms with Crippen molar-refractivity contribution in [3.8, 4) is 5.75 Å². The molecule has 2 rings (SSSR count). The van der Waals surface area contributed by atoms with E-state index in [1.165, 1.54) is 0 Å². The first-order chi connectivity index (χ1) is 7.24. The van der Waals surface area contributed by atoms with Crippen molar-refractivity contribution >= 4 is 33.0 Å². The normalized spacial score (nSPS) is 10.3.